The summed E-state index contributed by atoms with van der Waals surface area (Å²) < 4.78 is 5.18. The van der Waals surface area contributed by atoms with Crippen LogP contribution in [0.5, 0.6) is 0 Å². The molecule has 2 aromatic carbocycles. The number of aryl methyl sites for hydroxylation is 1. The number of hydrogen-bond donors (Lipinski definition) is 0. The fourth-order valence-electron chi connectivity index (χ4n) is 2.70. The van der Waals surface area contributed by atoms with Crippen molar-refractivity contribution < 1.29 is 9.53 Å². The molecule has 1 aliphatic heterocycles. The van der Waals surface area contributed by atoms with Gasteiger partial charge in [-0.05, 0) is 48.7 Å². The highest BCUT2D eigenvalue weighted by atomic mass is 35.5. The maximum Gasteiger partial charge on any atom is 0.414 e. The second kappa shape index (κ2) is 8.47. The lowest BCUT2D eigenvalue weighted by Gasteiger charge is -2.21. The summed E-state index contributed by atoms with van der Waals surface area (Å²) >= 11 is 7.61. The van der Waals surface area contributed by atoms with Crippen LogP contribution in [0.1, 0.15) is 17.5 Å². The van der Waals surface area contributed by atoms with Crippen LogP contribution in [0.4, 0.5) is 4.79 Å². The van der Waals surface area contributed by atoms with Crippen LogP contribution in [0, 0.1) is 6.92 Å². The van der Waals surface area contributed by atoms with E-state index in [1.807, 2.05) is 30.3 Å². The first-order chi connectivity index (χ1) is 12.6. The van der Waals surface area contributed by atoms with Gasteiger partial charge in [-0.1, -0.05) is 59.3 Å². The number of rotatable bonds is 6. The van der Waals surface area contributed by atoms with Crippen LogP contribution in [0.25, 0.3) is 5.57 Å². The van der Waals surface area contributed by atoms with Gasteiger partial charge < -0.3 is 4.74 Å². The Kier molecular flexibility index (Phi) is 6.07. The summed E-state index contributed by atoms with van der Waals surface area (Å²) in [5, 5.41) is 1.55. The van der Waals surface area contributed by atoms with Gasteiger partial charge in [0, 0.05) is 9.92 Å². The van der Waals surface area contributed by atoms with Gasteiger partial charge in [0.15, 0.2) is 0 Å². The lowest BCUT2D eigenvalue weighted by Crippen LogP contribution is -2.23. The van der Waals surface area contributed by atoms with Gasteiger partial charge in [0.05, 0.1) is 11.6 Å². The Balaban J connectivity index is 2.09. The van der Waals surface area contributed by atoms with E-state index in [1.54, 1.807) is 16.7 Å². The Morgan fingerprint density at radius 3 is 2.50 bits per heavy atom. The smallest absolute Gasteiger partial charge is 0.414 e. The normalized spacial score (nSPS) is 14.8. The van der Waals surface area contributed by atoms with Crippen LogP contribution < -0.4 is 0 Å². The molecular weight excluding hydrogens is 366 g/mol. The molecule has 5 heteroatoms. The van der Waals surface area contributed by atoms with E-state index in [-0.39, 0.29) is 6.09 Å². The van der Waals surface area contributed by atoms with Crippen LogP contribution in [0.15, 0.2) is 71.1 Å². The molecule has 0 spiro atoms. The van der Waals surface area contributed by atoms with Crippen molar-refractivity contribution in [2.45, 2.75) is 18.2 Å². The molecular formula is C21H20ClNO2S. The Morgan fingerprint density at radius 1 is 1.23 bits per heavy atom. The molecule has 134 valence electrons. The zero-order valence-corrected chi connectivity index (χ0v) is 16.1. The first-order valence-corrected chi connectivity index (χ1v) is 9.56. The number of cyclic esters (lactones) is 1. The number of carbonyl (C=O) groups is 1. The van der Waals surface area contributed by atoms with E-state index in [0.717, 1.165) is 21.1 Å². The first kappa shape index (κ1) is 18.6. The molecule has 26 heavy (non-hydrogen) atoms. The summed E-state index contributed by atoms with van der Waals surface area (Å²) in [5.74, 6) is 0. The van der Waals surface area contributed by atoms with Crippen LogP contribution in [-0.2, 0) is 4.74 Å². The number of ether oxygens (including phenoxy) is 1. The monoisotopic (exact) mass is 385 g/mol. The van der Waals surface area contributed by atoms with Crippen LogP contribution >= 0.6 is 23.4 Å². The van der Waals surface area contributed by atoms with Gasteiger partial charge in [-0.15, -0.1) is 6.58 Å². The van der Waals surface area contributed by atoms with E-state index < -0.39 is 0 Å². The molecule has 1 fully saturated rings. The van der Waals surface area contributed by atoms with Crippen molar-refractivity contribution in [3.05, 3.63) is 82.4 Å². The Morgan fingerprint density at radius 2 is 1.92 bits per heavy atom. The van der Waals surface area contributed by atoms with Crippen molar-refractivity contribution in [1.82, 2.24) is 4.90 Å². The van der Waals surface area contributed by atoms with Gasteiger partial charge >= 0.3 is 6.09 Å². The van der Waals surface area contributed by atoms with E-state index in [2.05, 4.69) is 37.8 Å². The molecule has 0 unspecified atom stereocenters. The predicted molar refractivity (Wildman–Crippen MR) is 108 cm³/mol. The first-order valence-electron chi connectivity index (χ1n) is 8.37. The molecule has 3 nitrogen and oxygen atoms in total. The van der Waals surface area contributed by atoms with Crippen molar-refractivity contribution in [3.8, 4) is 0 Å². The number of hydrogen-bond acceptors (Lipinski definition) is 3. The highest BCUT2D eigenvalue weighted by Crippen LogP contribution is 2.38. The Labute approximate surface area is 163 Å². The Hall–Kier alpha value is -2.17. The van der Waals surface area contributed by atoms with E-state index in [0.29, 0.717) is 24.6 Å². The van der Waals surface area contributed by atoms with Gasteiger partial charge in [0.25, 0.3) is 0 Å². The van der Waals surface area contributed by atoms with E-state index in [9.17, 15) is 4.79 Å². The number of amides is 1. The zero-order chi connectivity index (χ0) is 18.5. The molecule has 0 aromatic heterocycles. The van der Waals surface area contributed by atoms with Crippen molar-refractivity contribution in [3.63, 3.8) is 0 Å². The second-order valence-electron chi connectivity index (χ2n) is 5.96. The van der Waals surface area contributed by atoms with E-state index in [4.69, 9.17) is 16.3 Å². The predicted octanol–water partition coefficient (Wildman–Crippen LogP) is 6.14. The molecule has 0 saturated carbocycles. The lowest BCUT2D eigenvalue weighted by molar-refractivity contribution is 0.165. The van der Waals surface area contributed by atoms with Gasteiger partial charge in [0.2, 0.25) is 0 Å². The molecule has 2 aromatic rings. The van der Waals surface area contributed by atoms with Crippen molar-refractivity contribution >= 4 is 35.0 Å². The average molecular weight is 386 g/mol. The lowest BCUT2D eigenvalue weighted by atomic mass is 10.0. The molecule has 1 amide bonds. The van der Waals surface area contributed by atoms with Crippen molar-refractivity contribution in [2.75, 3.05) is 13.2 Å². The minimum atomic E-state index is -0.310. The zero-order valence-electron chi connectivity index (χ0n) is 14.6. The standard InChI is InChI=1S/C21H20ClNO2S/c1-3-4-19(16-7-9-17(22)10-8-16)20(23-13-14-25-21(23)24)26-18-11-5-15(2)6-12-18/h3,5-12H,1,4,13-14H2,2H3/b20-19+. The largest absolute Gasteiger partial charge is 0.447 e. The SMILES string of the molecule is C=CC/C(=C(\Sc1ccc(C)cc1)N1CCOC1=O)c1ccc(Cl)cc1. The van der Waals surface area contributed by atoms with E-state index >= 15 is 0 Å². The number of benzene rings is 2. The summed E-state index contributed by atoms with van der Waals surface area (Å²) in [7, 11) is 0. The fraction of sp³-hybridized carbons (Fsp3) is 0.190. The maximum atomic E-state index is 12.3. The van der Waals surface area contributed by atoms with Gasteiger partial charge in [0.1, 0.15) is 6.61 Å². The minimum Gasteiger partial charge on any atom is -0.447 e. The molecule has 0 bridgehead atoms. The fourth-order valence-corrected chi connectivity index (χ4v) is 3.92. The van der Waals surface area contributed by atoms with Crippen molar-refractivity contribution in [2.24, 2.45) is 0 Å². The van der Waals surface area contributed by atoms with Crippen LogP contribution in [-0.4, -0.2) is 24.1 Å². The molecule has 0 N–H and O–H groups in total. The third-order valence-corrected chi connectivity index (χ3v) is 5.46. The summed E-state index contributed by atoms with van der Waals surface area (Å²) in [4.78, 5) is 15.0. The highest BCUT2D eigenvalue weighted by Gasteiger charge is 2.28. The number of nitrogens with zero attached hydrogens (tertiary/aromatic N) is 1. The van der Waals surface area contributed by atoms with Gasteiger partial charge in [-0.25, -0.2) is 4.79 Å². The van der Waals surface area contributed by atoms with Gasteiger partial charge in [-0.3, -0.25) is 4.90 Å². The average Bonchev–Trinajstić information content (AvgIpc) is 3.06. The van der Waals surface area contributed by atoms with E-state index in [1.165, 1.54) is 5.56 Å². The second-order valence-corrected chi connectivity index (χ2v) is 7.46. The molecule has 1 saturated heterocycles. The maximum absolute atomic E-state index is 12.3. The number of halogens is 1. The summed E-state index contributed by atoms with van der Waals surface area (Å²) in [6.45, 7) is 6.89. The van der Waals surface area contributed by atoms with Crippen LogP contribution in [0.3, 0.4) is 0 Å². The highest BCUT2D eigenvalue weighted by molar-refractivity contribution is 8.03. The Bertz CT molecular complexity index is 828. The summed E-state index contributed by atoms with van der Waals surface area (Å²) in [6.07, 6.45) is 2.18. The molecule has 0 radical (unpaired) electrons. The molecule has 0 atom stereocenters. The van der Waals surface area contributed by atoms with Crippen LogP contribution in [0.2, 0.25) is 5.02 Å². The van der Waals surface area contributed by atoms with Crippen molar-refractivity contribution in [1.29, 1.82) is 0 Å². The molecule has 0 aliphatic carbocycles. The number of thioether (sulfide) groups is 1. The summed E-state index contributed by atoms with van der Waals surface area (Å²) in [5.41, 5.74) is 3.24. The quantitative estimate of drug-likeness (QED) is 0.442. The third-order valence-electron chi connectivity index (χ3n) is 4.04. The summed E-state index contributed by atoms with van der Waals surface area (Å²) in [6, 6.07) is 15.9. The third kappa shape index (κ3) is 4.32. The molecule has 1 aliphatic rings. The number of carbonyl (C=O) groups excluding carboxylic acids is 1. The minimum absolute atomic E-state index is 0.310. The molecule has 3 rings (SSSR count). The number of allylic oxidation sites excluding steroid dienone is 2. The topological polar surface area (TPSA) is 29.5 Å². The molecule has 1 heterocycles. The van der Waals surface area contributed by atoms with Gasteiger partial charge in [-0.2, -0.15) is 0 Å².